The fourth-order valence-corrected chi connectivity index (χ4v) is 1.98. The molecule has 0 aliphatic carbocycles. The van der Waals surface area contributed by atoms with Crippen LogP contribution in [-0.4, -0.2) is 11.7 Å². The number of nitrogen functional groups attached to an aromatic ring is 1. The molecule has 0 amide bonds. The van der Waals surface area contributed by atoms with Gasteiger partial charge in [-0.05, 0) is 42.8 Å². The highest BCUT2D eigenvalue weighted by Crippen LogP contribution is 2.23. The second kappa shape index (κ2) is 5.61. The zero-order chi connectivity index (χ0) is 13.8. The Bertz CT molecular complexity index is 572. The summed E-state index contributed by atoms with van der Waals surface area (Å²) in [6.45, 7) is 3.38. The van der Waals surface area contributed by atoms with Crippen molar-refractivity contribution in [3.05, 3.63) is 53.8 Å². The first-order valence-corrected chi connectivity index (χ1v) is 6.18. The van der Waals surface area contributed by atoms with Gasteiger partial charge in [0.1, 0.15) is 11.6 Å². The van der Waals surface area contributed by atoms with E-state index in [1.165, 1.54) is 12.1 Å². The zero-order valence-corrected chi connectivity index (χ0v) is 10.8. The van der Waals surface area contributed by atoms with Gasteiger partial charge < -0.3 is 15.7 Å². The van der Waals surface area contributed by atoms with Gasteiger partial charge in [-0.25, -0.2) is 4.39 Å². The Labute approximate surface area is 112 Å². The Kier molecular flexibility index (Phi) is 3.90. The zero-order valence-electron chi connectivity index (χ0n) is 10.8. The van der Waals surface area contributed by atoms with E-state index in [1.54, 1.807) is 18.2 Å². The second-order valence-corrected chi connectivity index (χ2v) is 4.39. The SMILES string of the molecule is CCN(Cc1ccc(O)c(N)c1)c1cccc(F)c1. The molecule has 4 heteroatoms. The maximum Gasteiger partial charge on any atom is 0.138 e. The molecule has 0 aromatic heterocycles. The number of rotatable bonds is 4. The van der Waals surface area contributed by atoms with Crippen LogP contribution in [0.1, 0.15) is 12.5 Å². The number of anilines is 2. The maximum atomic E-state index is 13.2. The summed E-state index contributed by atoms with van der Waals surface area (Å²) in [7, 11) is 0. The van der Waals surface area contributed by atoms with Gasteiger partial charge in [0.2, 0.25) is 0 Å². The van der Waals surface area contributed by atoms with Crippen molar-refractivity contribution in [2.24, 2.45) is 0 Å². The number of nitrogens with zero attached hydrogens (tertiary/aromatic N) is 1. The number of benzene rings is 2. The van der Waals surface area contributed by atoms with E-state index in [2.05, 4.69) is 0 Å². The normalized spacial score (nSPS) is 10.4. The molecule has 0 unspecified atom stereocenters. The smallest absolute Gasteiger partial charge is 0.138 e. The molecule has 0 saturated heterocycles. The van der Waals surface area contributed by atoms with Gasteiger partial charge in [-0.15, -0.1) is 0 Å². The molecule has 0 heterocycles. The third-order valence-corrected chi connectivity index (χ3v) is 3.02. The summed E-state index contributed by atoms with van der Waals surface area (Å²) >= 11 is 0. The van der Waals surface area contributed by atoms with Crippen molar-refractivity contribution in [2.45, 2.75) is 13.5 Å². The lowest BCUT2D eigenvalue weighted by Gasteiger charge is -2.23. The van der Waals surface area contributed by atoms with Crippen molar-refractivity contribution in [3.8, 4) is 5.75 Å². The van der Waals surface area contributed by atoms with Crippen molar-refractivity contribution in [2.75, 3.05) is 17.2 Å². The van der Waals surface area contributed by atoms with Crippen LogP contribution in [0.25, 0.3) is 0 Å². The summed E-state index contributed by atoms with van der Waals surface area (Å²) in [6.07, 6.45) is 0. The van der Waals surface area contributed by atoms with Gasteiger partial charge in [0.25, 0.3) is 0 Å². The summed E-state index contributed by atoms with van der Waals surface area (Å²) in [4.78, 5) is 2.04. The Balaban J connectivity index is 2.21. The number of aromatic hydroxyl groups is 1. The molecule has 0 radical (unpaired) electrons. The van der Waals surface area contributed by atoms with Gasteiger partial charge in [0, 0.05) is 18.8 Å². The lowest BCUT2D eigenvalue weighted by molar-refractivity contribution is 0.477. The predicted molar refractivity (Wildman–Crippen MR) is 75.6 cm³/mol. The molecule has 2 aromatic carbocycles. The van der Waals surface area contributed by atoms with Crippen LogP contribution < -0.4 is 10.6 Å². The molecule has 0 aliphatic heterocycles. The molecule has 0 spiro atoms. The Hall–Kier alpha value is -2.23. The molecular formula is C15H17FN2O. The first kappa shape index (κ1) is 13.2. The molecule has 0 bridgehead atoms. The van der Waals surface area contributed by atoms with Crippen molar-refractivity contribution >= 4 is 11.4 Å². The standard InChI is InChI=1S/C15H17FN2O/c1-2-18(13-5-3-4-12(16)9-13)10-11-6-7-15(19)14(17)8-11/h3-9,19H,2,10,17H2,1H3. The number of halogens is 1. The highest BCUT2D eigenvalue weighted by molar-refractivity contribution is 5.54. The minimum atomic E-state index is -0.249. The van der Waals surface area contributed by atoms with Crippen molar-refractivity contribution in [1.82, 2.24) is 0 Å². The first-order valence-electron chi connectivity index (χ1n) is 6.18. The highest BCUT2D eigenvalue weighted by Gasteiger charge is 2.07. The quantitative estimate of drug-likeness (QED) is 0.656. The van der Waals surface area contributed by atoms with E-state index in [0.717, 1.165) is 17.8 Å². The van der Waals surface area contributed by atoms with Crippen LogP contribution in [0.4, 0.5) is 15.8 Å². The highest BCUT2D eigenvalue weighted by atomic mass is 19.1. The molecule has 19 heavy (non-hydrogen) atoms. The van der Waals surface area contributed by atoms with Crippen LogP contribution in [0.15, 0.2) is 42.5 Å². The van der Waals surface area contributed by atoms with E-state index < -0.39 is 0 Å². The number of hydrogen-bond donors (Lipinski definition) is 2. The summed E-state index contributed by atoms with van der Waals surface area (Å²) in [5.74, 6) is -0.168. The molecular weight excluding hydrogens is 243 g/mol. The van der Waals surface area contributed by atoms with Crippen molar-refractivity contribution in [1.29, 1.82) is 0 Å². The van der Waals surface area contributed by atoms with E-state index in [9.17, 15) is 9.50 Å². The largest absolute Gasteiger partial charge is 0.506 e. The van der Waals surface area contributed by atoms with E-state index in [1.807, 2.05) is 24.0 Å². The fraction of sp³-hybridized carbons (Fsp3) is 0.200. The Morgan fingerprint density at radius 3 is 2.63 bits per heavy atom. The molecule has 0 fully saturated rings. The van der Waals surface area contributed by atoms with E-state index in [0.29, 0.717) is 12.2 Å². The van der Waals surface area contributed by atoms with Gasteiger partial charge in [-0.2, -0.15) is 0 Å². The van der Waals surface area contributed by atoms with Crippen LogP contribution in [0.5, 0.6) is 5.75 Å². The summed E-state index contributed by atoms with van der Waals surface area (Å²) in [5.41, 5.74) is 7.83. The molecule has 2 rings (SSSR count). The van der Waals surface area contributed by atoms with E-state index in [-0.39, 0.29) is 11.6 Å². The molecule has 0 aliphatic rings. The summed E-state index contributed by atoms with van der Waals surface area (Å²) in [6, 6.07) is 11.6. The lowest BCUT2D eigenvalue weighted by Crippen LogP contribution is -2.22. The Morgan fingerprint density at radius 1 is 1.21 bits per heavy atom. The number of phenols is 1. The van der Waals surface area contributed by atoms with Gasteiger partial charge >= 0.3 is 0 Å². The monoisotopic (exact) mass is 260 g/mol. The fourth-order valence-electron chi connectivity index (χ4n) is 1.98. The second-order valence-electron chi connectivity index (χ2n) is 4.39. The van der Waals surface area contributed by atoms with Crippen LogP contribution in [0, 0.1) is 5.82 Å². The molecule has 0 saturated carbocycles. The average Bonchev–Trinajstić information content (AvgIpc) is 2.40. The topological polar surface area (TPSA) is 49.5 Å². The molecule has 100 valence electrons. The average molecular weight is 260 g/mol. The van der Waals surface area contributed by atoms with Gasteiger partial charge in [-0.3, -0.25) is 0 Å². The summed E-state index contributed by atoms with van der Waals surface area (Å²) in [5, 5.41) is 9.40. The van der Waals surface area contributed by atoms with Gasteiger partial charge in [0.05, 0.1) is 5.69 Å². The molecule has 3 nitrogen and oxygen atoms in total. The molecule has 2 aromatic rings. The van der Waals surface area contributed by atoms with Crippen LogP contribution in [0.2, 0.25) is 0 Å². The number of hydrogen-bond acceptors (Lipinski definition) is 3. The first-order chi connectivity index (χ1) is 9.10. The minimum Gasteiger partial charge on any atom is -0.506 e. The molecule has 3 N–H and O–H groups in total. The van der Waals surface area contributed by atoms with Gasteiger partial charge in [-0.1, -0.05) is 12.1 Å². The van der Waals surface area contributed by atoms with Crippen LogP contribution in [-0.2, 0) is 6.54 Å². The minimum absolute atomic E-state index is 0.0811. The summed E-state index contributed by atoms with van der Waals surface area (Å²) < 4.78 is 13.2. The third-order valence-electron chi connectivity index (χ3n) is 3.02. The van der Waals surface area contributed by atoms with E-state index >= 15 is 0 Å². The van der Waals surface area contributed by atoms with Crippen molar-refractivity contribution in [3.63, 3.8) is 0 Å². The van der Waals surface area contributed by atoms with Crippen LogP contribution in [0.3, 0.4) is 0 Å². The molecule has 0 atom stereocenters. The maximum absolute atomic E-state index is 13.2. The van der Waals surface area contributed by atoms with Crippen molar-refractivity contribution < 1.29 is 9.50 Å². The predicted octanol–water partition coefficient (Wildman–Crippen LogP) is 3.14. The number of phenolic OH excluding ortho intramolecular Hbond substituents is 1. The Morgan fingerprint density at radius 2 is 2.00 bits per heavy atom. The van der Waals surface area contributed by atoms with Gasteiger partial charge in [0.15, 0.2) is 0 Å². The lowest BCUT2D eigenvalue weighted by atomic mass is 10.1. The number of nitrogens with two attached hydrogens (primary N) is 1. The third kappa shape index (κ3) is 3.16. The van der Waals surface area contributed by atoms with Crippen LogP contribution >= 0.6 is 0 Å². The van der Waals surface area contributed by atoms with E-state index in [4.69, 9.17) is 5.73 Å².